The Bertz CT molecular complexity index is 1060. The lowest BCUT2D eigenvalue weighted by Gasteiger charge is -2.17. The number of benzene rings is 2. The van der Waals surface area contributed by atoms with Gasteiger partial charge in [-0.1, -0.05) is 15.9 Å². The van der Waals surface area contributed by atoms with E-state index in [1.807, 2.05) is 0 Å². The smallest absolute Gasteiger partial charge is 0.311 e. The highest BCUT2D eigenvalue weighted by Crippen LogP contribution is 2.19. The standard InChI is InChI=1S/C20H17BrN4O7/c21-14-3-5-15(6-4-14)22-17(26)11-32-20(29)13-9-18(27)24(10-13)23-19(28)12-1-7-16(8-2-12)25(30)31/h1-8,13H,9-11H2,(H,22,26)(H,23,28)/t13-/m0/s1. The summed E-state index contributed by atoms with van der Waals surface area (Å²) in [5.74, 6) is -3.28. The van der Waals surface area contributed by atoms with Crippen LogP contribution >= 0.6 is 15.9 Å². The number of carbonyl (C=O) groups excluding carboxylic acids is 4. The number of non-ortho nitro benzene ring substituents is 1. The third-order valence-corrected chi connectivity index (χ3v) is 5.04. The number of amides is 3. The van der Waals surface area contributed by atoms with Crippen LogP contribution in [0.15, 0.2) is 53.0 Å². The van der Waals surface area contributed by atoms with Gasteiger partial charge in [0.1, 0.15) is 0 Å². The summed E-state index contributed by atoms with van der Waals surface area (Å²) in [4.78, 5) is 58.7. The largest absolute Gasteiger partial charge is 0.455 e. The van der Waals surface area contributed by atoms with Crippen molar-refractivity contribution in [2.24, 2.45) is 5.92 Å². The van der Waals surface area contributed by atoms with Gasteiger partial charge in [-0.15, -0.1) is 0 Å². The molecule has 0 unspecified atom stereocenters. The second-order valence-electron chi connectivity index (χ2n) is 6.81. The van der Waals surface area contributed by atoms with Crippen LogP contribution in [-0.4, -0.2) is 46.8 Å². The summed E-state index contributed by atoms with van der Waals surface area (Å²) in [6.45, 7) is -0.639. The number of nitro groups is 1. The minimum atomic E-state index is -0.847. The molecule has 1 fully saturated rings. The summed E-state index contributed by atoms with van der Waals surface area (Å²) >= 11 is 3.28. The highest BCUT2D eigenvalue weighted by Gasteiger charge is 2.36. The van der Waals surface area contributed by atoms with Crippen LogP contribution in [0.3, 0.4) is 0 Å². The highest BCUT2D eigenvalue weighted by atomic mass is 79.9. The first-order valence-electron chi connectivity index (χ1n) is 9.31. The molecule has 3 rings (SSSR count). The fourth-order valence-electron chi connectivity index (χ4n) is 2.88. The van der Waals surface area contributed by atoms with Gasteiger partial charge in [0.05, 0.1) is 17.4 Å². The van der Waals surface area contributed by atoms with Gasteiger partial charge in [0, 0.05) is 34.3 Å². The van der Waals surface area contributed by atoms with Crippen LogP contribution < -0.4 is 10.7 Å². The maximum atomic E-state index is 12.3. The molecule has 0 radical (unpaired) electrons. The Balaban J connectivity index is 1.48. The van der Waals surface area contributed by atoms with Crippen molar-refractivity contribution in [2.75, 3.05) is 18.5 Å². The lowest BCUT2D eigenvalue weighted by molar-refractivity contribution is -0.384. The molecule has 2 aromatic carbocycles. The molecule has 2 N–H and O–H groups in total. The monoisotopic (exact) mass is 504 g/mol. The summed E-state index contributed by atoms with van der Waals surface area (Å²) in [5, 5.41) is 14.2. The lowest BCUT2D eigenvalue weighted by Crippen LogP contribution is -2.43. The Morgan fingerprint density at radius 1 is 1.12 bits per heavy atom. The Kier molecular flexibility index (Phi) is 7.15. The molecule has 0 aromatic heterocycles. The van der Waals surface area contributed by atoms with E-state index in [0.29, 0.717) is 5.69 Å². The number of hydrogen-bond acceptors (Lipinski definition) is 7. The van der Waals surface area contributed by atoms with Crippen molar-refractivity contribution in [3.63, 3.8) is 0 Å². The van der Waals surface area contributed by atoms with E-state index in [9.17, 15) is 29.3 Å². The fourth-order valence-corrected chi connectivity index (χ4v) is 3.14. The molecule has 0 saturated carbocycles. The third-order valence-electron chi connectivity index (χ3n) is 4.51. The van der Waals surface area contributed by atoms with Crippen molar-refractivity contribution in [1.29, 1.82) is 0 Å². The maximum Gasteiger partial charge on any atom is 0.311 e. The Morgan fingerprint density at radius 3 is 2.41 bits per heavy atom. The van der Waals surface area contributed by atoms with Crippen LogP contribution in [0.1, 0.15) is 16.8 Å². The Morgan fingerprint density at radius 2 is 1.78 bits per heavy atom. The van der Waals surface area contributed by atoms with Gasteiger partial charge in [-0.2, -0.15) is 0 Å². The first-order chi connectivity index (χ1) is 15.2. The summed E-state index contributed by atoms with van der Waals surface area (Å²) in [6, 6.07) is 11.7. The summed E-state index contributed by atoms with van der Waals surface area (Å²) < 4.78 is 5.84. The second kappa shape index (κ2) is 10.0. The van der Waals surface area contributed by atoms with Gasteiger partial charge in [-0.25, -0.2) is 0 Å². The number of nitro benzene ring substituents is 1. The normalized spacial score (nSPS) is 15.2. The Labute approximate surface area is 190 Å². The number of carbonyl (C=O) groups is 4. The summed E-state index contributed by atoms with van der Waals surface area (Å²) in [5.41, 5.74) is 2.83. The van der Waals surface area contributed by atoms with Crippen molar-refractivity contribution in [3.8, 4) is 0 Å². The molecule has 1 aliphatic rings. The van der Waals surface area contributed by atoms with Crippen LogP contribution in [0.2, 0.25) is 0 Å². The molecule has 0 aliphatic carbocycles. The SMILES string of the molecule is O=C(COC(=O)[C@H]1CC(=O)N(NC(=O)c2ccc([N+](=O)[O-])cc2)C1)Nc1ccc(Br)cc1. The van der Waals surface area contributed by atoms with Gasteiger partial charge in [0.25, 0.3) is 17.5 Å². The highest BCUT2D eigenvalue weighted by molar-refractivity contribution is 9.10. The Hall–Kier alpha value is -3.80. The topological polar surface area (TPSA) is 148 Å². The van der Waals surface area contributed by atoms with Gasteiger partial charge < -0.3 is 10.1 Å². The molecule has 0 spiro atoms. The number of hydrazine groups is 1. The van der Waals surface area contributed by atoms with Crippen molar-refractivity contribution >= 4 is 51.0 Å². The van der Waals surface area contributed by atoms with Crippen LogP contribution in [0, 0.1) is 16.0 Å². The maximum absolute atomic E-state index is 12.3. The number of ether oxygens (including phenoxy) is 1. The van der Waals surface area contributed by atoms with E-state index in [4.69, 9.17) is 4.74 Å². The average molecular weight is 505 g/mol. The number of halogens is 1. The van der Waals surface area contributed by atoms with Gasteiger partial charge in [0.2, 0.25) is 5.91 Å². The minimum Gasteiger partial charge on any atom is -0.455 e. The quantitative estimate of drug-likeness (QED) is 0.332. The van der Waals surface area contributed by atoms with Crippen LogP contribution in [-0.2, 0) is 19.1 Å². The molecule has 1 heterocycles. The molecular weight excluding hydrogens is 488 g/mol. The molecule has 12 heteroatoms. The number of anilines is 1. The summed E-state index contributed by atoms with van der Waals surface area (Å²) in [7, 11) is 0. The van der Waals surface area contributed by atoms with E-state index in [1.165, 1.54) is 24.3 Å². The van der Waals surface area contributed by atoms with Gasteiger partial charge in [-0.05, 0) is 36.4 Å². The van der Waals surface area contributed by atoms with Crippen LogP contribution in [0.4, 0.5) is 11.4 Å². The lowest BCUT2D eigenvalue weighted by atomic mass is 10.1. The molecule has 0 bridgehead atoms. The van der Waals surface area contributed by atoms with E-state index < -0.39 is 41.1 Å². The van der Waals surface area contributed by atoms with Gasteiger partial charge >= 0.3 is 5.97 Å². The van der Waals surface area contributed by atoms with Crippen molar-refractivity contribution in [3.05, 3.63) is 68.7 Å². The number of esters is 1. The zero-order chi connectivity index (χ0) is 23.3. The molecule has 166 valence electrons. The summed E-state index contributed by atoms with van der Waals surface area (Å²) in [6.07, 6.45) is -0.187. The van der Waals surface area contributed by atoms with E-state index in [0.717, 1.165) is 9.48 Å². The molecule has 1 atom stereocenters. The molecule has 11 nitrogen and oxygen atoms in total. The average Bonchev–Trinajstić information content (AvgIpc) is 3.14. The molecule has 32 heavy (non-hydrogen) atoms. The third kappa shape index (κ3) is 5.88. The van der Waals surface area contributed by atoms with Crippen molar-refractivity contribution in [2.45, 2.75) is 6.42 Å². The van der Waals surface area contributed by atoms with E-state index >= 15 is 0 Å². The number of nitrogens with one attached hydrogen (secondary N) is 2. The first kappa shape index (κ1) is 22.9. The van der Waals surface area contributed by atoms with E-state index in [2.05, 4.69) is 26.7 Å². The zero-order valence-corrected chi connectivity index (χ0v) is 18.0. The van der Waals surface area contributed by atoms with Gasteiger partial charge in [0.15, 0.2) is 6.61 Å². The molecule has 1 saturated heterocycles. The van der Waals surface area contributed by atoms with Gasteiger partial charge in [-0.3, -0.25) is 39.7 Å². The number of nitrogens with zero attached hydrogens (tertiary/aromatic N) is 2. The minimum absolute atomic E-state index is 0.110. The molecule has 2 aromatic rings. The fraction of sp³-hybridized carbons (Fsp3) is 0.200. The van der Waals surface area contributed by atoms with Crippen molar-refractivity contribution in [1.82, 2.24) is 10.4 Å². The molecule has 1 aliphatic heterocycles. The second-order valence-corrected chi connectivity index (χ2v) is 7.73. The molecule has 3 amide bonds. The van der Waals surface area contributed by atoms with E-state index in [1.54, 1.807) is 24.3 Å². The number of rotatable bonds is 7. The van der Waals surface area contributed by atoms with Crippen LogP contribution in [0.25, 0.3) is 0 Å². The van der Waals surface area contributed by atoms with Crippen LogP contribution in [0.5, 0.6) is 0 Å². The van der Waals surface area contributed by atoms with E-state index in [-0.39, 0.29) is 24.2 Å². The predicted octanol–water partition coefficient (Wildman–Crippen LogP) is 2.03. The van der Waals surface area contributed by atoms with Crippen molar-refractivity contribution < 1.29 is 28.8 Å². The first-order valence-corrected chi connectivity index (χ1v) is 10.1. The predicted molar refractivity (Wildman–Crippen MR) is 114 cm³/mol. The number of hydrogen-bond donors (Lipinski definition) is 2. The zero-order valence-electron chi connectivity index (χ0n) is 16.4. The molecular formula is C20H17BrN4O7.